The molecule has 7 heteroatoms. The maximum Gasteiger partial charge on any atom is 0.335 e. The standard InChI is InChI=1S/C17H15NO6/c1-2-24-14-5-3-10(4-6-14)15(19)18-13-8-11(16(20)21)7-12(9-13)17(22)23/h3-9H,2H2,1H3,(H,18,19)(H,20,21)(H,22,23). The van der Waals surface area contributed by atoms with E-state index in [0.717, 1.165) is 6.07 Å². The van der Waals surface area contributed by atoms with Gasteiger partial charge in [-0.2, -0.15) is 0 Å². The van der Waals surface area contributed by atoms with E-state index in [4.69, 9.17) is 14.9 Å². The van der Waals surface area contributed by atoms with Crippen molar-refractivity contribution in [2.24, 2.45) is 0 Å². The molecule has 0 atom stereocenters. The molecule has 0 spiro atoms. The largest absolute Gasteiger partial charge is 0.494 e. The van der Waals surface area contributed by atoms with Gasteiger partial charge in [0.1, 0.15) is 5.75 Å². The highest BCUT2D eigenvalue weighted by atomic mass is 16.5. The van der Waals surface area contributed by atoms with Crippen molar-refractivity contribution in [3.63, 3.8) is 0 Å². The van der Waals surface area contributed by atoms with Crippen molar-refractivity contribution in [2.75, 3.05) is 11.9 Å². The SMILES string of the molecule is CCOc1ccc(C(=O)Nc2cc(C(=O)O)cc(C(=O)O)c2)cc1. The van der Waals surface area contributed by atoms with Crippen molar-refractivity contribution in [3.05, 3.63) is 59.2 Å². The Morgan fingerprint density at radius 2 is 1.46 bits per heavy atom. The quantitative estimate of drug-likeness (QED) is 0.751. The van der Waals surface area contributed by atoms with Crippen LogP contribution in [0.3, 0.4) is 0 Å². The molecule has 1 amide bonds. The summed E-state index contributed by atoms with van der Waals surface area (Å²) in [6.45, 7) is 2.35. The average Bonchev–Trinajstić information content (AvgIpc) is 2.55. The molecule has 3 N–H and O–H groups in total. The van der Waals surface area contributed by atoms with Gasteiger partial charge in [-0.25, -0.2) is 9.59 Å². The van der Waals surface area contributed by atoms with Gasteiger partial charge < -0.3 is 20.3 Å². The maximum atomic E-state index is 12.2. The zero-order valence-corrected chi connectivity index (χ0v) is 12.8. The molecule has 0 aromatic heterocycles. The molecule has 0 unspecified atom stereocenters. The van der Waals surface area contributed by atoms with Crippen molar-refractivity contribution in [1.82, 2.24) is 0 Å². The summed E-state index contributed by atoms with van der Waals surface area (Å²) in [6.07, 6.45) is 0. The minimum Gasteiger partial charge on any atom is -0.494 e. The smallest absolute Gasteiger partial charge is 0.335 e. The first-order valence-electron chi connectivity index (χ1n) is 7.06. The van der Waals surface area contributed by atoms with Crippen LogP contribution in [-0.4, -0.2) is 34.7 Å². The molecule has 0 saturated carbocycles. The third kappa shape index (κ3) is 4.10. The topological polar surface area (TPSA) is 113 Å². The Hall–Kier alpha value is -3.35. The van der Waals surface area contributed by atoms with Crippen LogP contribution in [0.5, 0.6) is 5.75 Å². The number of anilines is 1. The number of ether oxygens (including phenoxy) is 1. The van der Waals surface area contributed by atoms with Gasteiger partial charge in [0.25, 0.3) is 5.91 Å². The number of aromatic carboxylic acids is 2. The van der Waals surface area contributed by atoms with Gasteiger partial charge in [-0.15, -0.1) is 0 Å². The summed E-state index contributed by atoms with van der Waals surface area (Å²) in [5.74, 6) is -2.43. The number of hydrogen-bond donors (Lipinski definition) is 3. The van der Waals surface area contributed by atoms with Gasteiger partial charge in [0.05, 0.1) is 17.7 Å². The van der Waals surface area contributed by atoms with Gasteiger partial charge in [-0.3, -0.25) is 4.79 Å². The van der Waals surface area contributed by atoms with E-state index in [0.29, 0.717) is 17.9 Å². The molecule has 7 nitrogen and oxygen atoms in total. The number of carboxylic acids is 2. The van der Waals surface area contributed by atoms with Crippen molar-refractivity contribution in [2.45, 2.75) is 6.92 Å². The van der Waals surface area contributed by atoms with Crippen molar-refractivity contribution < 1.29 is 29.3 Å². The Kier molecular flexibility index (Phi) is 5.16. The third-order valence-electron chi connectivity index (χ3n) is 3.11. The highest BCUT2D eigenvalue weighted by Gasteiger charge is 2.13. The number of amides is 1. The van der Waals surface area contributed by atoms with Gasteiger partial charge in [0.15, 0.2) is 0 Å². The minimum atomic E-state index is -1.28. The lowest BCUT2D eigenvalue weighted by molar-refractivity contribution is 0.0696. The molecule has 0 aliphatic heterocycles. The molecule has 0 aliphatic carbocycles. The van der Waals surface area contributed by atoms with Crippen LogP contribution in [0.25, 0.3) is 0 Å². The maximum absolute atomic E-state index is 12.2. The van der Waals surface area contributed by atoms with E-state index in [1.165, 1.54) is 12.1 Å². The molecule has 0 saturated heterocycles. The Balaban J connectivity index is 2.24. The first-order chi connectivity index (χ1) is 11.4. The van der Waals surface area contributed by atoms with E-state index >= 15 is 0 Å². The molecular weight excluding hydrogens is 314 g/mol. The van der Waals surface area contributed by atoms with Crippen LogP contribution in [-0.2, 0) is 0 Å². The van der Waals surface area contributed by atoms with Crippen molar-refractivity contribution in [3.8, 4) is 5.75 Å². The van der Waals surface area contributed by atoms with E-state index in [2.05, 4.69) is 5.32 Å². The lowest BCUT2D eigenvalue weighted by atomic mass is 10.1. The predicted octanol–water partition coefficient (Wildman–Crippen LogP) is 2.73. The Morgan fingerprint density at radius 3 is 1.92 bits per heavy atom. The summed E-state index contributed by atoms with van der Waals surface area (Å²) in [6, 6.07) is 9.79. The molecule has 24 heavy (non-hydrogen) atoms. The van der Waals surface area contributed by atoms with Crippen LogP contribution in [0.2, 0.25) is 0 Å². The minimum absolute atomic E-state index is 0.0891. The van der Waals surface area contributed by atoms with E-state index in [-0.39, 0.29) is 16.8 Å². The number of carboxylic acid groups (broad SMARTS) is 2. The lowest BCUT2D eigenvalue weighted by Gasteiger charge is -2.09. The van der Waals surface area contributed by atoms with E-state index in [1.54, 1.807) is 24.3 Å². The van der Waals surface area contributed by atoms with Crippen molar-refractivity contribution >= 4 is 23.5 Å². The molecule has 0 aliphatic rings. The summed E-state index contributed by atoms with van der Waals surface area (Å²) >= 11 is 0. The Morgan fingerprint density at radius 1 is 0.917 bits per heavy atom. The van der Waals surface area contributed by atoms with Gasteiger partial charge in [0.2, 0.25) is 0 Å². The number of nitrogens with one attached hydrogen (secondary N) is 1. The monoisotopic (exact) mass is 329 g/mol. The molecule has 0 fully saturated rings. The van der Waals surface area contributed by atoms with Crippen LogP contribution < -0.4 is 10.1 Å². The van der Waals surface area contributed by atoms with E-state index in [1.807, 2.05) is 6.92 Å². The van der Waals surface area contributed by atoms with Crippen LogP contribution in [0.15, 0.2) is 42.5 Å². The second-order valence-electron chi connectivity index (χ2n) is 4.82. The van der Waals surface area contributed by atoms with Crippen LogP contribution in [0.4, 0.5) is 5.69 Å². The predicted molar refractivity (Wildman–Crippen MR) is 85.9 cm³/mol. The Labute approximate surface area is 137 Å². The first-order valence-corrected chi connectivity index (χ1v) is 7.06. The lowest BCUT2D eigenvalue weighted by Crippen LogP contribution is -2.13. The third-order valence-corrected chi connectivity index (χ3v) is 3.11. The van der Waals surface area contributed by atoms with E-state index in [9.17, 15) is 14.4 Å². The fourth-order valence-corrected chi connectivity index (χ4v) is 2.02. The molecule has 0 bridgehead atoms. The highest BCUT2D eigenvalue weighted by Crippen LogP contribution is 2.18. The molecule has 124 valence electrons. The second kappa shape index (κ2) is 7.28. The van der Waals surface area contributed by atoms with Gasteiger partial charge in [-0.1, -0.05) is 0 Å². The van der Waals surface area contributed by atoms with Gasteiger partial charge in [0, 0.05) is 11.3 Å². The average molecular weight is 329 g/mol. The molecular formula is C17H15NO6. The van der Waals surface area contributed by atoms with Crippen LogP contribution >= 0.6 is 0 Å². The normalized spacial score (nSPS) is 10.0. The number of hydrogen-bond acceptors (Lipinski definition) is 4. The molecule has 0 radical (unpaired) electrons. The van der Waals surface area contributed by atoms with E-state index < -0.39 is 17.8 Å². The summed E-state index contributed by atoms with van der Waals surface area (Å²) < 4.78 is 5.28. The molecule has 2 aromatic carbocycles. The van der Waals surface area contributed by atoms with Crippen molar-refractivity contribution in [1.29, 1.82) is 0 Å². The van der Waals surface area contributed by atoms with Gasteiger partial charge >= 0.3 is 11.9 Å². The van der Waals surface area contributed by atoms with Crippen LogP contribution in [0, 0.1) is 0 Å². The summed E-state index contributed by atoms with van der Waals surface area (Å²) in [4.78, 5) is 34.3. The molecule has 2 aromatic rings. The highest BCUT2D eigenvalue weighted by molar-refractivity contribution is 6.05. The molecule has 0 heterocycles. The summed E-state index contributed by atoms with van der Waals surface area (Å²) in [7, 11) is 0. The number of benzene rings is 2. The second-order valence-corrected chi connectivity index (χ2v) is 4.82. The number of carbonyl (C=O) groups is 3. The summed E-state index contributed by atoms with van der Waals surface area (Å²) in [5, 5.41) is 20.6. The number of rotatable bonds is 6. The fourth-order valence-electron chi connectivity index (χ4n) is 2.02. The summed E-state index contributed by atoms with van der Waals surface area (Å²) in [5.41, 5.74) is -0.0315. The molecule has 2 rings (SSSR count). The van der Waals surface area contributed by atoms with Gasteiger partial charge in [-0.05, 0) is 49.4 Å². The first kappa shape index (κ1) is 17.0. The number of carbonyl (C=O) groups excluding carboxylic acids is 1. The zero-order chi connectivity index (χ0) is 17.7. The fraction of sp³-hybridized carbons (Fsp3) is 0.118. The zero-order valence-electron chi connectivity index (χ0n) is 12.8. The Bertz CT molecular complexity index is 750. The van der Waals surface area contributed by atoms with Crippen LogP contribution in [0.1, 0.15) is 38.0 Å².